The van der Waals surface area contributed by atoms with Gasteiger partial charge in [-0.1, -0.05) is 11.3 Å². The Hall–Kier alpha value is -2.24. The maximum atomic E-state index is 12.9. The van der Waals surface area contributed by atoms with Crippen LogP contribution < -0.4 is 10.2 Å². The molecule has 1 aromatic carbocycles. The Labute approximate surface area is 158 Å². The fraction of sp³-hybridized carbons (Fsp3) is 0.250. The predicted octanol–water partition coefficient (Wildman–Crippen LogP) is 4.11. The van der Waals surface area contributed by atoms with Crippen LogP contribution in [0.3, 0.4) is 0 Å². The number of aromatic nitrogens is 1. The number of fused-ring (bicyclic) bond motifs is 1. The number of thiazole rings is 1. The maximum Gasteiger partial charge on any atom is 0.416 e. The number of rotatable bonds is 5. The lowest BCUT2D eigenvalue weighted by Gasteiger charge is -2.21. The van der Waals surface area contributed by atoms with E-state index in [1.807, 2.05) is 0 Å². The number of aliphatic hydroxyl groups excluding tert-OH is 1. The van der Waals surface area contributed by atoms with Gasteiger partial charge in [0.15, 0.2) is 11.2 Å². The summed E-state index contributed by atoms with van der Waals surface area (Å²) in [6, 6.07) is 6.90. The summed E-state index contributed by atoms with van der Waals surface area (Å²) in [4.78, 5) is 18.6. The third-order valence-electron chi connectivity index (χ3n) is 3.56. The Morgan fingerprint density at radius 1 is 1.30 bits per heavy atom. The van der Waals surface area contributed by atoms with Gasteiger partial charge in [-0.25, -0.2) is 9.37 Å². The molecule has 0 aliphatic heterocycles. The quantitative estimate of drug-likeness (QED) is 0.611. The maximum absolute atomic E-state index is 12.9. The second-order valence-electron chi connectivity index (χ2n) is 5.68. The van der Waals surface area contributed by atoms with Gasteiger partial charge in [-0.3, -0.25) is 4.79 Å². The zero-order valence-corrected chi connectivity index (χ0v) is 15.4. The number of anilines is 2. The number of nitrogens with one attached hydrogen (secondary N) is 1. The molecule has 2 N–H and O–H groups in total. The van der Waals surface area contributed by atoms with Crippen molar-refractivity contribution in [3.05, 3.63) is 41.0 Å². The molecular formula is C16H13F4N3O2S2. The Kier molecular flexibility index (Phi) is 5.36. The fourth-order valence-corrected chi connectivity index (χ4v) is 4.24. The molecule has 2 aromatic heterocycles. The lowest BCUT2D eigenvalue weighted by Crippen LogP contribution is -2.39. The lowest BCUT2D eigenvalue weighted by molar-refractivity contribution is -0.200. The largest absolute Gasteiger partial charge is 0.416 e. The van der Waals surface area contributed by atoms with Crippen LogP contribution in [0.25, 0.3) is 9.53 Å². The van der Waals surface area contributed by atoms with Gasteiger partial charge < -0.3 is 15.3 Å². The van der Waals surface area contributed by atoms with Crippen LogP contribution in [0.15, 0.2) is 30.3 Å². The molecule has 3 aromatic rings. The number of aliphatic hydroxyl groups is 1. The van der Waals surface area contributed by atoms with E-state index in [-0.39, 0.29) is 5.91 Å². The van der Waals surface area contributed by atoms with Gasteiger partial charge in [0.05, 0.1) is 16.1 Å². The molecular weight excluding hydrogens is 406 g/mol. The van der Waals surface area contributed by atoms with Gasteiger partial charge in [0.2, 0.25) is 0 Å². The molecule has 0 radical (unpaired) electrons. The van der Waals surface area contributed by atoms with E-state index in [4.69, 9.17) is 5.11 Å². The molecule has 27 heavy (non-hydrogen) atoms. The number of hydrogen-bond acceptors (Lipinski definition) is 6. The molecule has 3 rings (SSSR count). The summed E-state index contributed by atoms with van der Waals surface area (Å²) >= 11 is 2.21. The van der Waals surface area contributed by atoms with Gasteiger partial charge in [-0.05, 0) is 30.3 Å². The van der Waals surface area contributed by atoms with Gasteiger partial charge >= 0.3 is 6.18 Å². The highest BCUT2D eigenvalue weighted by molar-refractivity contribution is 7.29. The number of thiophene rings is 1. The molecule has 0 fully saturated rings. The normalized spacial score (nSPS) is 13.0. The van der Waals surface area contributed by atoms with E-state index in [9.17, 15) is 22.4 Å². The molecule has 144 valence electrons. The third-order valence-corrected chi connectivity index (χ3v) is 5.83. The standard InChI is InChI=1S/C16H13F4N3O2S2/c1-23(7-12(24)16(18,19)20)15-22-14-11(27-15)6-10(26-14)13(25)21-9-4-2-8(17)3-5-9/h2-6,12,24H,7H2,1H3,(H,21,25). The Morgan fingerprint density at radius 2 is 1.96 bits per heavy atom. The first-order chi connectivity index (χ1) is 12.6. The van der Waals surface area contributed by atoms with Gasteiger partial charge in [0, 0.05) is 12.7 Å². The van der Waals surface area contributed by atoms with E-state index in [1.165, 1.54) is 36.2 Å². The molecule has 5 nitrogen and oxygen atoms in total. The molecule has 0 spiro atoms. The van der Waals surface area contributed by atoms with Crippen LogP contribution in [-0.4, -0.2) is 41.9 Å². The highest BCUT2D eigenvalue weighted by atomic mass is 32.1. The van der Waals surface area contributed by atoms with Gasteiger partial charge in [-0.15, -0.1) is 11.3 Å². The molecule has 0 aliphatic carbocycles. The average Bonchev–Trinajstić information content (AvgIpc) is 3.15. The molecule has 11 heteroatoms. The minimum Gasteiger partial charge on any atom is -0.382 e. The summed E-state index contributed by atoms with van der Waals surface area (Å²) in [6.45, 7) is -0.637. The van der Waals surface area contributed by atoms with Crippen LogP contribution in [0.2, 0.25) is 0 Å². The first-order valence-corrected chi connectivity index (χ1v) is 9.20. The van der Waals surface area contributed by atoms with Crippen LogP contribution in [0.5, 0.6) is 0 Å². The zero-order chi connectivity index (χ0) is 19.8. The van der Waals surface area contributed by atoms with E-state index in [0.717, 1.165) is 22.7 Å². The SMILES string of the molecule is CN(CC(O)C(F)(F)F)c1nc2sc(C(=O)Nc3ccc(F)cc3)cc2s1. The first kappa shape index (κ1) is 19.5. The van der Waals surface area contributed by atoms with Crippen molar-refractivity contribution in [3.8, 4) is 0 Å². The Bertz CT molecular complexity index is 921. The van der Waals surface area contributed by atoms with E-state index in [2.05, 4.69) is 10.3 Å². The van der Waals surface area contributed by atoms with Crippen LogP contribution in [0, 0.1) is 5.82 Å². The monoisotopic (exact) mass is 419 g/mol. The molecule has 1 unspecified atom stereocenters. The van der Waals surface area contributed by atoms with Crippen molar-refractivity contribution in [3.63, 3.8) is 0 Å². The number of likely N-dealkylation sites (N-methyl/N-ethyl adjacent to an activating group) is 1. The van der Waals surface area contributed by atoms with Crippen molar-refractivity contribution in [1.82, 2.24) is 4.98 Å². The number of carbonyl (C=O) groups excluding carboxylic acids is 1. The molecule has 0 aliphatic rings. The fourth-order valence-electron chi connectivity index (χ4n) is 2.17. The molecule has 1 atom stereocenters. The van der Waals surface area contributed by atoms with Crippen molar-refractivity contribution >= 4 is 48.9 Å². The average molecular weight is 419 g/mol. The van der Waals surface area contributed by atoms with Crippen LogP contribution in [0.4, 0.5) is 28.4 Å². The second-order valence-corrected chi connectivity index (χ2v) is 7.72. The summed E-state index contributed by atoms with van der Waals surface area (Å²) in [7, 11) is 1.40. The third kappa shape index (κ3) is 4.54. The summed E-state index contributed by atoms with van der Waals surface area (Å²) in [5.41, 5.74) is 0.438. The summed E-state index contributed by atoms with van der Waals surface area (Å²) in [6.07, 6.45) is -7.17. The van der Waals surface area contributed by atoms with Gasteiger partial charge in [-0.2, -0.15) is 13.2 Å². The molecule has 0 bridgehead atoms. The van der Waals surface area contributed by atoms with Crippen LogP contribution >= 0.6 is 22.7 Å². The lowest BCUT2D eigenvalue weighted by atomic mass is 10.3. The molecule has 0 saturated heterocycles. The summed E-state index contributed by atoms with van der Waals surface area (Å²) in [5, 5.41) is 12.1. The highest BCUT2D eigenvalue weighted by Crippen LogP contribution is 2.35. The van der Waals surface area contributed by atoms with Gasteiger partial charge in [0.1, 0.15) is 10.6 Å². The zero-order valence-electron chi connectivity index (χ0n) is 13.7. The van der Waals surface area contributed by atoms with Crippen molar-refractivity contribution in [2.45, 2.75) is 12.3 Å². The van der Waals surface area contributed by atoms with Crippen molar-refractivity contribution in [2.75, 3.05) is 23.8 Å². The van der Waals surface area contributed by atoms with E-state index in [0.29, 0.717) is 25.2 Å². The minimum atomic E-state index is -4.70. The Morgan fingerprint density at radius 3 is 2.56 bits per heavy atom. The van der Waals surface area contributed by atoms with Crippen LogP contribution in [-0.2, 0) is 0 Å². The summed E-state index contributed by atoms with van der Waals surface area (Å²) < 4.78 is 50.9. The topological polar surface area (TPSA) is 65.5 Å². The second kappa shape index (κ2) is 7.41. The number of nitrogens with zero attached hydrogens (tertiary/aromatic N) is 2. The number of halogens is 4. The van der Waals surface area contributed by atoms with E-state index < -0.39 is 24.6 Å². The smallest absolute Gasteiger partial charge is 0.382 e. The first-order valence-electron chi connectivity index (χ1n) is 7.56. The number of hydrogen-bond donors (Lipinski definition) is 2. The summed E-state index contributed by atoms with van der Waals surface area (Å²) in [5.74, 6) is -0.805. The highest BCUT2D eigenvalue weighted by Gasteiger charge is 2.39. The van der Waals surface area contributed by atoms with Crippen molar-refractivity contribution < 1.29 is 27.5 Å². The molecule has 0 saturated carbocycles. The number of amides is 1. The molecule has 1 amide bonds. The van der Waals surface area contributed by atoms with E-state index >= 15 is 0 Å². The minimum absolute atomic E-state index is 0.310. The van der Waals surface area contributed by atoms with E-state index in [1.54, 1.807) is 6.07 Å². The van der Waals surface area contributed by atoms with Crippen LogP contribution in [0.1, 0.15) is 9.67 Å². The van der Waals surface area contributed by atoms with Crippen molar-refractivity contribution in [2.24, 2.45) is 0 Å². The van der Waals surface area contributed by atoms with Crippen molar-refractivity contribution in [1.29, 1.82) is 0 Å². The Balaban J connectivity index is 1.71. The number of benzene rings is 1. The predicted molar refractivity (Wildman–Crippen MR) is 97.2 cm³/mol. The number of alkyl halides is 3. The number of carbonyl (C=O) groups is 1. The molecule has 2 heterocycles. The van der Waals surface area contributed by atoms with Gasteiger partial charge in [0.25, 0.3) is 5.91 Å².